The number of benzene rings is 2. The van der Waals surface area contributed by atoms with Gasteiger partial charge in [-0.1, -0.05) is 29.8 Å². The molecule has 0 spiro atoms. The average molecular weight is 417 g/mol. The molecule has 9 heteroatoms. The molecule has 0 radical (unpaired) electrons. The minimum absolute atomic E-state index is 0.0150. The molecule has 2 aromatic carbocycles. The first kappa shape index (κ1) is 19.1. The Labute approximate surface area is 168 Å². The molecule has 2 aromatic heterocycles. The number of halogens is 3. The molecule has 29 heavy (non-hydrogen) atoms. The lowest BCUT2D eigenvalue weighted by Crippen LogP contribution is -2.07. The topological polar surface area (TPSA) is 82.9 Å². The Hall–Kier alpha value is -3.23. The molecular weight excluding hydrogens is 402 g/mol. The standard InChI is InChI=1S/C20H15ClF2N4O2/c21-13-10-25-20(29)16-17(11-4-6-12(7-5-11)24-8-9-28)26-27(18(13)16)19-14(22)2-1-3-15(19)23/h1-7,10,24,28H,8-9H2,(H,25,29). The SMILES string of the molecule is O=c1[nH]cc(Cl)c2c1c(-c1ccc(NCCO)cc1)nn2-c1c(F)cccc1F. The summed E-state index contributed by atoms with van der Waals surface area (Å²) in [6.45, 7) is 0.373. The minimum atomic E-state index is -0.833. The van der Waals surface area contributed by atoms with Gasteiger partial charge >= 0.3 is 0 Å². The van der Waals surface area contributed by atoms with E-state index in [-0.39, 0.29) is 28.2 Å². The van der Waals surface area contributed by atoms with E-state index in [4.69, 9.17) is 16.7 Å². The highest BCUT2D eigenvalue weighted by Gasteiger charge is 2.22. The highest BCUT2D eigenvalue weighted by atomic mass is 35.5. The molecule has 0 amide bonds. The van der Waals surface area contributed by atoms with Gasteiger partial charge in [0.25, 0.3) is 5.56 Å². The summed E-state index contributed by atoms with van der Waals surface area (Å²) < 4.78 is 29.9. The number of anilines is 1. The monoisotopic (exact) mass is 416 g/mol. The summed E-state index contributed by atoms with van der Waals surface area (Å²) in [5, 5.41) is 16.5. The molecule has 0 fully saturated rings. The van der Waals surface area contributed by atoms with Crippen LogP contribution in [-0.2, 0) is 0 Å². The first-order valence-corrected chi connectivity index (χ1v) is 9.08. The average Bonchev–Trinajstić information content (AvgIpc) is 3.11. The van der Waals surface area contributed by atoms with Gasteiger partial charge in [-0.25, -0.2) is 13.5 Å². The van der Waals surface area contributed by atoms with Gasteiger partial charge < -0.3 is 15.4 Å². The van der Waals surface area contributed by atoms with Crippen molar-refractivity contribution in [1.29, 1.82) is 0 Å². The van der Waals surface area contributed by atoms with Gasteiger partial charge in [0.15, 0.2) is 11.6 Å². The Balaban J connectivity index is 1.97. The molecule has 4 aromatic rings. The summed E-state index contributed by atoms with van der Waals surface area (Å²) in [6.07, 6.45) is 1.26. The third-order valence-corrected chi connectivity index (χ3v) is 4.71. The van der Waals surface area contributed by atoms with Crippen LogP contribution in [0.4, 0.5) is 14.5 Å². The number of aliphatic hydroxyl groups excluding tert-OH is 1. The van der Waals surface area contributed by atoms with Crippen molar-refractivity contribution in [2.75, 3.05) is 18.5 Å². The molecule has 6 nitrogen and oxygen atoms in total. The Morgan fingerprint density at radius 2 is 1.83 bits per heavy atom. The fraction of sp³-hybridized carbons (Fsp3) is 0.100. The van der Waals surface area contributed by atoms with Crippen LogP contribution in [0.15, 0.2) is 53.5 Å². The summed E-state index contributed by atoms with van der Waals surface area (Å²) in [6, 6.07) is 10.4. The van der Waals surface area contributed by atoms with Crippen molar-refractivity contribution >= 4 is 28.2 Å². The number of hydrogen-bond donors (Lipinski definition) is 3. The largest absolute Gasteiger partial charge is 0.395 e. The van der Waals surface area contributed by atoms with Crippen LogP contribution in [0, 0.1) is 11.6 Å². The second kappa shape index (κ2) is 7.65. The van der Waals surface area contributed by atoms with Crippen LogP contribution >= 0.6 is 11.6 Å². The Bertz CT molecular complexity index is 1230. The van der Waals surface area contributed by atoms with E-state index in [0.29, 0.717) is 12.1 Å². The van der Waals surface area contributed by atoms with Gasteiger partial charge in [0.2, 0.25) is 0 Å². The van der Waals surface area contributed by atoms with Gasteiger partial charge in [-0.2, -0.15) is 5.10 Å². The van der Waals surface area contributed by atoms with Gasteiger partial charge in [0.1, 0.15) is 16.9 Å². The molecule has 0 aliphatic rings. The molecule has 4 rings (SSSR count). The van der Waals surface area contributed by atoms with Gasteiger partial charge in [0, 0.05) is 24.0 Å². The number of aromatic amines is 1. The molecule has 3 N–H and O–H groups in total. The quantitative estimate of drug-likeness (QED) is 0.463. The number of nitrogens with one attached hydrogen (secondary N) is 2. The van der Waals surface area contributed by atoms with Crippen LogP contribution in [0.2, 0.25) is 5.02 Å². The molecule has 0 bridgehead atoms. The molecule has 0 aliphatic carbocycles. The molecular formula is C20H15ClF2N4O2. The zero-order chi connectivity index (χ0) is 20.5. The summed E-state index contributed by atoms with van der Waals surface area (Å²) in [5.41, 5.74) is 0.769. The van der Waals surface area contributed by atoms with Crippen LogP contribution in [0.25, 0.3) is 27.8 Å². The smallest absolute Gasteiger partial charge is 0.259 e. The summed E-state index contributed by atoms with van der Waals surface area (Å²) in [4.78, 5) is 15.1. The highest BCUT2D eigenvalue weighted by Crippen LogP contribution is 2.33. The third kappa shape index (κ3) is 3.37. The number of hydrogen-bond acceptors (Lipinski definition) is 4. The highest BCUT2D eigenvalue weighted by molar-refractivity contribution is 6.35. The predicted molar refractivity (Wildman–Crippen MR) is 108 cm³/mol. The predicted octanol–water partition coefficient (Wildman–Crippen LogP) is 3.72. The maximum absolute atomic E-state index is 14.4. The van der Waals surface area contributed by atoms with Crippen LogP contribution in [0.5, 0.6) is 0 Å². The van der Waals surface area contributed by atoms with E-state index in [1.807, 2.05) is 0 Å². The Kier molecular flexibility index (Phi) is 5.04. The van der Waals surface area contributed by atoms with Gasteiger partial charge in [-0.3, -0.25) is 4.79 Å². The van der Waals surface area contributed by atoms with Crippen molar-refractivity contribution in [2.45, 2.75) is 0 Å². The number of rotatable bonds is 5. The van der Waals surface area contributed by atoms with Crippen molar-refractivity contribution in [1.82, 2.24) is 14.8 Å². The van der Waals surface area contributed by atoms with E-state index in [1.165, 1.54) is 12.3 Å². The fourth-order valence-corrected chi connectivity index (χ4v) is 3.35. The van der Waals surface area contributed by atoms with Gasteiger partial charge in [-0.15, -0.1) is 0 Å². The normalized spacial score (nSPS) is 11.2. The van der Waals surface area contributed by atoms with Crippen LogP contribution in [0.3, 0.4) is 0 Å². The van der Waals surface area contributed by atoms with E-state index in [2.05, 4.69) is 15.4 Å². The number of para-hydroxylation sites is 1. The lowest BCUT2D eigenvalue weighted by molar-refractivity contribution is 0.311. The summed E-state index contributed by atoms with van der Waals surface area (Å²) in [5.74, 6) is -1.67. The number of pyridine rings is 1. The second-order valence-electron chi connectivity index (χ2n) is 6.25. The number of aliphatic hydroxyl groups is 1. The van der Waals surface area contributed by atoms with Crippen molar-refractivity contribution < 1.29 is 13.9 Å². The molecule has 0 aliphatic heterocycles. The molecule has 0 atom stereocenters. The van der Waals surface area contributed by atoms with Crippen molar-refractivity contribution in [3.63, 3.8) is 0 Å². The van der Waals surface area contributed by atoms with Gasteiger partial charge in [-0.05, 0) is 24.3 Å². The Morgan fingerprint density at radius 3 is 2.48 bits per heavy atom. The molecule has 148 valence electrons. The van der Waals surface area contributed by atoms with Crippen LogP contribution < -0.4 is 10.9 Å². The van der Waals surface area contributed by atoms with E-state index in [0.717, 1.165) is 22.5 Å². The first-order chi connectivity index (χ1) is 14.0. The number of aromatic nitrogens is 3. The number of fused-ring (bicyclic) bond motifs is 1. The molecule has 0 unspecified atom stereocenters. The summed E-state index contributed by atoms with van der Waals surface area (Å²) in [7, 11) is 0. The minimum Gasteiger partial charge on any atom is -0.395 e. The molecule has 0 saturated carbocycles. The van der Waals surface area contributed by atoms with E-state index < -0.39 is 22.9 Å². The second-order valence-corrected chi connectivity index (χ2v) is 6.65. The molecule has 2 heterocycles. The fourth-order valence-electron chi connectivity index (χ4n) is 3.12. The lowest BCUT2D eigenvalue weighted by Gasteiger charge is -2.07. The zero-order valence-electron chi connectivity index (χ0n) is 14.9. The Morgan fingerprint density at radius 1 is 1.14 bits per heavy atom. The van der Waals surface area contributed by atoms with Crippen molar-refractivity contribution in [3.05, 3.63) is 75.7 Å². The zero-order valence-corrected chi connectivity index (χ0v) is 15.7. The van der Waals surface area contributed by atoms with Gasteiger partial charge in [0.05, 0.1) is 17.0 Å². The van der Waals surface area contributed by atoms with Crippen molar-refractivity contribution in [3.8, 4) is 16.9 Å². The van der Waals surface area contributed by atoms with E-state index >= 15 is 0 Å². The summed E-state index contributed by atoms with van der Waals surface area (Å²) >= 11 is 6.26. The number of nitrogens with zero attached hydrogens (tertiary/aromatic N) is 2. The number of H-pyrrole nitrogens is 1. The third-order valence-electron chi connectivity index (χ3n) is 4.42. The van der Waals surface area contributed by atoms with Crippen LogP contribution in [-0.4, -0.2) is 33.0 Å². The lowest BCUT2D eigenvalue weighted by atomic mass is 10.1. The molecule has 0 saturated heterocycles. The van der Waals surface area contributed by atoms with Crippen molar-refractivity contribution in [2.24, 2.45) is 0 Å². The van der Waals surface area contributed by atoms with Crippen LogP contribution in [0.1, 0.15) is 0 Å². The first-order valence-electron chi connectivity index (χ1n) is 8.70. The maximum atomic E-state index is 14.4. The van der Waals surface area contributed by atoms with E-state index in [1.54, 1.807) is 24.3 Å². The maximum Gasteiger partial charge on any atom is 0.259 e. The van der Waals surface area contributed by atoms with E-state index in [9.17, 15) is 13.6 Å².